The molecular formula is C15H17NO3S. The van der Waals surface area contributed by atoms with Gasteiger partial charge in [-0.3, -0.25) is 9.59 Å². The van der Waals surface area contributed by atoms with Crippen molar-refractivity contribution < 1.29 is 14.7 Å². The predicted octanol–water partition coefficient (Wildman–Crippen LogP) is 2.30. The zero-order valence-corrected chi connectivity index (χ0v) is 11.9. The summed E-state index contributed by atoms with van der Waals surface area (Å²) in [6.45, 7) is 0.760. The van der Waals surface area contributed by atoms with Gasteiger partial charge in [-0.05, 0) is 48.6 Å². The minimum absolute atomic E-state index is 0.0751. The number of rotatable bonds is 3. The van der Waals surface area contributed by atoms with Gasteiger partial charge in [-0.25, -0.2) is 0 Å². The Balaban J connectivity index is 1.59. The van der Waals surface area contributed by atoms with Crippen LogP contribution in [0.5, 0.6) is 0 Å². The summed E-state index contributed by atoms with van der Waals surface area (Å²) in [6, 6.07) is 2.37. The molecule has 0 bridgehead atoms. The fraction of sp³-hybridized carbons (Fsp3) is 0.600. The number of thiophene rings is 1. The Hall–Kier alpha value is -1.36. The maximum absolute atomic E-state index is 12.6. The molecule has 2 fully saturated rings. The molecule has 3 aliphatic rings. The van der Waals surface area contributed by atoms with Crippen LogP contribution in [-0.2, 0) is 16.0 Å². The number of carboxylic acids is 1. The molecule has 1 amide bonds. The summed E-state index contributed by atoms with van der Waals surface area (Å²) in [4.78, 5) is 27.0. The molecule has 20 heavy (non-hydrogen) atoms. The Morgan fingerprint density at radius 1 is 1.30 bits per heavy atom. The van der Waals surface area contributed by atoms with E-state index < -0.39 is 11.9 Å². The molecule has 2 saturated carbocycles. The highest BCUT2D eigenvalue weighted by atomic mass is 32.1. The van der Waals surface area contributed by atoms with E-state index in [0.717, 1.165) is 13.0 Å². The quantitative estimate of drug-likeness (QED) is 0.929. The van der Waals surface area contributed by atoms with E-state index in [9.17, 15) is 9.59 Å². The fourth-order valence-corrected chi connectivity index (χ4v) is 4.38. The molecule has 3 atom stereocenters. The number of fused-ring (bicyclic) bond motifs is 1. The van der Waals surface area contributed by atoms with Gasteiger partial charge in [0.25, 0.3) is 0 Å². The van der Waals surface area contributed by atoms with Gasteiger partial charge in [0.2, 0.25) is 5.91 Å². The number of aliphatic carboxylic acids is 1. The first kappa shape index (κ1) is 12.4. The number of carbonyl (C=O) groups is 2. The van der Waals surface area contributed by atoms with Gasteiger partial charge in [0.05, 0.1) is 17.9 Å². The molecule has 2 heterocycles. The molecule has 4 rings (SSSR count). The standard InChI is InChI=1S/C15H17NO3S/c17-14(10-7-11(10)15(18)19)16-5-3-12-9(4-6-20-12)13(16)8-1-2-8/h4,6,8,10-11,13H,1-3,5,7H2,(H,18,19)/t10-,11+,13?/m1/s1. The second kappa shape index (κ2) is 4.32. The number of carbonyl (C=O) groups excluding carboxylic acids is 1. The van der Waals surface area contributed by atoms with E-state index >= 15 is 0 Å². The van der Waals surface area contributed by atoms with Crippen LogP contribution in [0.15, 0.2) is 11.4 Å². The van der Waals surface area contributed by atoms with Gasteiger partial charge in [0.1, 0.15) is 0 Å². The molecule has 0 radical (unpaired) electrons. The van der Waals surface area contributed by atoms with Gasteiger partial charge >= 0.3 is 5.97 Å². The van der Waals surface area contributed by atoms with Gasteiger partial charge in [0, 0.05) is 11.4 Å². The Bertz CT molecular complexity index is 577. The largest absolute Gasteiger partial charge is 0.481 e. The predicted molar refractivity (Wildman–Crippen MR) is 74.4 cm³/mol. The van der Waals surface area contributed by atoms with Crippen molar-refractivity contribution in [1.82, 2.24) is 4.90 Å². The number of carboxylic acid groups (broad SMARTS) is 1. The Kier molecular flexibility index (Phi) is 2.67. The van der Waals surface area contributed by atoms with Crippen LogP contribution in [0.1, 0.15) is 35.7 Å². The number of amides is 1. The van der Waals surface area contributed by atoms with Crippen LogP contribution in [0.2, 0.25) is 0 Å². The highest BCUT2D eigenvalue weighted by Crippen LogP contribution is 2.50. The van der Waals surface area contributed by atoms with Gasteiger partial charge in [-0.1, -0.05) is 0 Å². The first-order chi connectivity index (χ1) is 9.66. The topological polar surface area (TPSA) is 57.6 Å². The van der Waals surface area contributed by atoms with Gasteiger partial charge in [-0.15, -0.1) is 11.3 Å². The number of nitrogens with zero attached hydrogens (tertiary/aromatic N) is 1. The van der Waals surface area contributed by atoms with Crippen molar-refractivity contribution in [2.24, 2.45) is 17.8 Å². The zero-order chi connectivity index (χ0) is 13.9. The van der Waals surface area contributed by atoms with Crippen LogP contribution >= 0.6 is 11.3 Å². The van der Waals surface area contributed by atoms with Crippen LogP contribution in [0.3, 0.4) is 0 Å². The monoisotopic (exact) mass is 291 g/mol. The fourth-order valence-electron chi connectivity index (χ4n) is 3.47. The smallest absolute Gasteiger partial charge is 0.307 e. The summed E-state index contributed by atoms with van der Waals surface area (Å²) in [5.41, 5.74) is 1.32. The van der Waals surface area contributed by atoms with Crippen molar-refractivity contribution in [1.29, 1.82) is 0 Å². The van der Waals surface area contributed by atoms with Crippen molar-refractivity contribution in [3.63, 3.8) is 0 Å². The van der Waals surface area contributed by atoms with Crippen LogP contribution in [0.4, 0.5) is 0 Å². The van der Waals surface area contributed by atoms with E-state index in [0.29, 0.717) is 12.3 Å². The maximum atomic E-state index is 12.6. The van der Waals surface area contributed by atoms with Crippen LogP contribution in [-0.4, -0.2) is 28.4 Å². The van der Waals surface area contributed by atoms with Gasteiger partial charge in [-0.2, -0.15) is 0 Å². The van der Waals surface area contributed by atoms with Crippen molar-refractivity contribution in [3.05, 3.63) is 21.9 Å². The van der Waals surface area contributed by atoms with Crippen LogP contribution in [0, 0.1) is 17.8 Å². The van der Waals surface area contributed by atoms with Gasteiger partial charge < -0.3 is 10.0 Å². The zero-order valence-electron chi connectivity index (χ0n) is 11.1. The molecule has 0 aromatic carbocycles. The van der Waals surface area contributed by atoms with Crippen LogP contribution in [0.25, 0.3) is 0 Å². The lowest BCUT2D eigenvalue weighted by Gasteiger charge is -2.36. The Morgan fingerprint density at radius 2 is 2.10 bits per heavy atom. The molecular weight excluding hydrogens is 274 g/mol. The molecule has 4 nitrogen and oxygen atoms in total. The summed E-state index contributed by atoms with van der Waals surface area (Å²) >= 11 is 1.79. The molecule has 1 N–H and O–H groups in total. The van der Waals surface area contributed by atoms with Crippen molar-refractivity contribution in [2.45, 2.75) is 31.7 Å². The first-order valence-corrected chi connectivity index (χ1v) is 8.14. The molecule has 106 valence electrons. The lowest BCUT2D eigenvalue weighted by Crippen LogP contribution is -2.41. The van der Waals surface area contributed by atoms with Crippen molar-refractivity contribution >= 4 is 23.2 Å². The lowest BCUT2D eigenvalue weighted by molar-refractivity contribution is -0.143. The summed E-state index contributed by atoms with van der Waals surface area (Å²) in [5.74, 6) is -0.861. The van der Waals surface area contributed by atoms with Crippen LogP contribution < -0.4 is 0 Å². The second-order valence-corrected chi connectivity index (χ2v) is 7.15. The van der Waals surface area contributed by atoms with E-state index in [-0.39, 0.29) is 17.9 Å². The molecule has 0 spiro atoms. The average molecular weight is 291 g/mol. The molecule has 0 saturated heterocycles. The molecule has 1 aromatic heterocycles. The summed E-state index contributed by atoms with van der Waals surface area (Å²) in [5, 5.41) is 11.1. The minimum Gasteiger partial charge on any atom is -0.481 e. The third-order valence-corrected chi connectivity index (χ3v) is 5.79. The molecule has 1 aliphatic heterocycles. The molecule has 1 aromatic rings. The normalized spacial score (nSPS) is 31.8. The third kappa shape index (κ3) is 1.87. The lowest BCUT2D eigenvalue weighted by atomic mass is 9.95. The van der Waals surface area contributed by atoms with E-state index in [1.807, 2.05) is 4.90 Å². The highest BCUT2D eigenvalue weighted by Gasteiger charge is 2.52. The number of hydrogen-bond acceptors (Lipinski definition) is 3. The van der Waals surface area contributed by atoms with E-state index in [1.165, 1.54) is 23.3 Å². The van der Waals surface area contributed by atoms with Crippen molar-refractivity contribution in [2.75, 3.05) is 6.54 Å². The molecule has 5 heteroatoms. The Labute approximate surface area is 121 Å². The van der Waals surface area contributed by atoms with Crippen molar-refractivity contribution in [3.8, 4) is 0 Å². The van der Waals surface area contributed by atoms with E-state index in [2.05, 4.69) is 11.4 Å². The summed E-state index contributed by atoms with van der Waals surface area (Å²) in [6.07, 6.45) is 3.83. The SMILES string of the molecule is O=C(O)[C@H]1C[C@H]1C(=O)N1CCc2sccc2C1C1CC1. The average Bonchev–Trinajstić information content (AvgIpc) is 3.32. The first-order valence-electron chi connectivity index (χ1n) is 7.26. The maximum Gasteiger partial charge on any atom is 0.307 e. The second-order valence-electron chi connectivity index (χ2n) is 6.15. The summed E-state index contributed by atoms with van der Waals surface area (Å²) < 4.78 is 0. The van der Waals surface area contributed by atoms with E-state index in [1.54, 1.807) is 11.3 Å². The van der Waals surface area contributed by atoms with E-state index in [4.69, 9.17) is 5.11 Å². The Morgan fingerprint density at radius 3 is 2.75 bits per heavy atom. The number of hydrogen-bond donors (Lipinski definition) is 1. The molecule has 2 aliphatic carbocycles. The third-order valence-electron chi connectivity index (χ3n) is 4.79. The van der Waals surface area contributed by atoms with Gasteiger partial charge in [0.15, 0.2) is 0 Å². The minimum atomic E-state index is -0.820. The summed E-state index contributed by atoms with van der Waals surface area (Å²) in [7, 11) is 0. The molecule has 1 unspecified atom stereocenters. The highest BCUT2D eigenvalue weighted by molar-refractivity contribution is 7.10.